The lowest BCUT2D eigenvalue weighted by atomic mass is 9.88. The lowest BCUT2D eigenvalue weighted by Crippen LogP contribution is -2.56. The maximum absolute atomic E-state index is 12.6. The van der Waals surface area contributed by atoms with Crippen LogP contribution in [0.4, 0.5) is 11.5 Å². The number of hydrogen-bond acceptors (Lipinski definition) is 7. The third kappa shape index (κ3) is 5.40. The predicted octanol–water partition coefficient (Wildman–Crippen LogP) is 4.32. The molecule has 2 saturated heterocycles. The van der Waals surface area contributed by atoms with Crippen molar-refractivity contribution in [3.8, 4) is 6.01 Å². The topological polar surface area (TPSA) is 69.4 Å². The van der Waals surface area contributed by atoms with Gasteiger partial charge in [0.05, 0.1) is 12.2 Å². The standard InChI is InChI=1S/C34H39N7O2/c1-3-32(42)41-18-17-40(22-26(41)21-35-2)33-29-13-16-39(31-12-8-10-24-9-4-5-11-28(24)31)23-30(29)36-34(37-33)43-27-19-25(20-27)38-14-6-7-15-38/h3-5,8-12,25-27H,1,6-7,13-23H2/t25?,26-,27?/m0/s1. The molecule has 1 amide bonds. The number of carbonyl (C=O) groups excluding carboxylic acids is 1. The zero-order chi connectivity index (χ0) is 29.3. The van der Waals surface area contributed by atoms with Gasteiger partial charge in [0.1, 0.15) is 18.0 Å². The van der Waals surface area contributed by atoms with Gasteiger partial charge in [0.25, 0.3) is 0 Å². The van der Waals surface area contributed by atoms with E-state index in [9.17, 15) is 4.79 Å². The lowest BCUT2D eigenvalue weighted by Gasteiger charge is -2.42. The smallest absolute Gasteiger partial charge is 0.318 e. The first-order chi connectivity index (χ1) is 21.1. The van der Waals surface area contributed by atoms with Gasteiger partial charge in [-0.25, -0.2) is 6.57 Å². The summed E-state index contributed by atoms with van der Waals surface area (Å²) < 4.78 is 6.48. The van der Waals surface area contributed by atoms with Gasteiger partial charge < -0.3 is 29.2 Å². The molecule has 4 aliphatic rings. The molecule has 0 spiro atoms. The van der Waals surface area contributed by atoms with Crippen molar-refractivity contribution in [2.45, 2.75) is 56.8 Å². The minimum Gasteiger partial charge on any atom is -0.460 e. The molecule has 1 aromatic heterocycles. The molecule has 0 radical (unpaired) electrons. The van der Waals surface area contributed by atoms with Gasteiger partial charge in [0.15, 0.2) is 0 Å². The number of carbonyl (C=O) groups is 1. The SMILES string of the molecule is [C-]#[N+]C[C@H]1CN(c2nc(OC3CC(N4CCCC4)C3)nc3c2CCN(c2cccc4ccccc24)C3)CCN1C(=O)C=C. The normalized spacial score (nSPS) is 23.9. The summed E-state index contributed by atoms with van der Waals surface area (Å²) in [5.41, 5.74) is 3.37. The number of aromatic nitrogens is 2. The molecule has 222 valence electrons. The van der Waals surface area contributed by atoms with Gasteiger partial charge in [-0.3, -0.25) is 4.79 Å². The minimum absolute atomic E-state index is 0.120. The fraction of sp³-hybridized carbons (Fsp3) is 0.471. The molecule has 3 aliphatic heterocycles. The first kappa shape index (κ1) is 27.7. The Balaban J connectivity index is 1.18. The highest BCUT2D eigenvalue weighted by atomic mass is 16.5. The van der Waals surface area contributed by atoms with Crippen LogP contribution in [-0.2, 0) is 17.8 Å². The number of rotatable bonds is 7. The number of piperazine rings is 1. The van der Waals surface area contributed by atoms with Crippen LogP contribution in [0, 0.1) is 6.57 Å². The van der Waals surface area contributed by atoms with E-state index >= 15 is 0 Å². The van der Waals surface area contributed by atoms with E-state index < -0.39 is 0 Å². The van der Waals surface area contributed by atoms with Crippen molar-refractivity contribution in [2.75, 3.05) is 55.6 Å². The monoisotopic (exact) mass is 577 g/mol. The fourth-order valence-electron chi connectivity index (χ4n) is 7.30. The molecular weight excluding hydrogens is 538 g/mol. The highest BCUT2D eigenvalue weighted by molar-refractivity contribution is 5.94. The predicted molar refractivity (Wildman–Crippen MR) is 168 cm³/mol. The van der Waals surface area contributed by atoms with Gasteiger partial charge in [0.2, 0.25) is 12.5 Å². The Kier molecular flexibility index (Phi) is 7.62. The number of benzene rings is 2. The fourth-order valence-corrected chi connectivity index (χ4v) is 7.30. The van der Waals surface area contributed by atoms with Crippen LogP contribution in [0.5, 0.6) is 6.01 Å². The average Bonchev–Trinajstić information content (AvgIpc) is 3.56. The molecule has 43 heavy (non-hydrogen) atoms. The Morgan fingerprint density at radius 1 is 1.02 bits per heavy atom. The van der Waals surface area contributed by atoms with E-state index in [-0.39, 0.29) is 24.6 Å². The Labute approximate surface area is 253 Å². The third-order valence-electron chi connectivity index (χ3n) is 9.67. The van der Waals surface area contributed by atoms with E-state index in [1.165, 1.54) is 48.5 Å². The quantitative estimate of drug-likeness (QED) is 0.306. The lowest BCUT2D eigenvalue weighted by molar-refractivity contribution is -0.128. The van der Waals surface area contributed by atoms with Crippen LogP contribution in [0.15, 0.2) is 55.1 Å². The van der Waals surface area contributed by atoms with Crippen molar-refractivity contribution in [1.82, 2.24) is 19.8 Å². The van der Waals surface area contributed by atoms with Crippen LogP contribution in [0.3, 0.4) is 0 Å². The van der Waals surface area contributed by atoms with Gasteiger partial charge in [-0.1, -0.05) is 43.0 Å². The number of hydrogen-bond donors (Lipinski definition) is 0. The van der Waals surface area contributed by atoms with Crippen LogP contribution in [0.1, 0.15) is 36.9 Å². The Bertz CT molecular complexity index is 1550. The summed E-state index contributed by atoms with van der Waals surface area (Å²) >= 11 is 0. The van der Waals surface area contributed by atoms with Crippen LogP contribution >= 0.6 is 0 Å². The summed E-state index contributed by atoms with van der Waals surface area (Å²) in [5.74, 6) is 0.777. The second-order valence-corrected chi connectivity index (χ2v) is 12.2. The summed E-state index contributed by atoms with van der Waals surface area (Å²) in [6.07, 6.45) is 6.93. The first-order valence-corrected chi connectivity index (χ1v) is 15.7. The molecule has 1 aliphatic carbocycles. The molecule has 7 rings (SSSR count). The van der Waals surface area contributed by atoms with Crippen molar-refractivity contribution >= 4 is 28.2 Å². The summed E-state index contributed by atoms with van der Waals surface area (Å²) in [5, 5.41) is 2.47. The van der Waals surface area contributed by atoms with Gasteiger partial charge in [-0.2, -0.15) is 9.97 Å². The van der Waals surface area contributed by atoms with Gasteiger partial charge in [-0.05, 0) is 49.9 Å². The highest BCUT2D eigenvalue weighted by Gasteiger charge is 2.38. The zero-order valence-electron chi connectivity index (χ0n) is 24.7. The number of likely N-dealkylation sites (tertiary alicyclic amines) is 1. The second kappa shape index (κ2) is 11.8. The molecule has 1 saturated carbocycles. The van der Waals surface area contributed by atoms with E-state index in [1.54, 1.807) is 4.90 Å². The molecule has 9 heteroatoms. The van der Waals surface area contributed by atoms with Crippen molar-refractivity contribution < 1.29 is 9.53 Å². The molecule has 2 aromatic carbocycles. The Hall–Kier alpha value is -4.16. The zero-order valence-corrected chi connectivity index (χ0v) is 24.7. The summed E-state index contributed by atoms with van der Waals surface area (Å²) in [4.78, 5) is 35.3. The van der Waals surface area contributed by atoms with Gasteiger partial charge >= 0.3 is 6.01 Å². The Morgan fingerprint density at radius 3 is 2.65 bits per heavy atom. The molecule has 3 fully saturated rings. The van der Waals surface area contributed by atoms with E-state index in [2.05, 4.69) is 68.6 Å². The number of anilines is 2. The molecule has 9 nitrogen and oxygen atoms in total. The maximum atomic E-state index is 12.6. The molecular formula is C34H39N7O2. The van der Waals surface area contributed by atoms with Crippen molar-refractivity contribution in [1.29, 1.82) is 0 Å². The van der Waals surface area contributed by atoms with Crippen LogP contribution in [0.25, 0.3) is 15.6 Å². The van der Waals surface area contributed by atoms with Gasteiger partial charge in [-0.15, -0.1) is 0 Å². The number of ether oxygens (including phenoxy) is 1. The highest BCUT2D eigenvalue weighted by Crippen LogP contribution is 2.36. The third-order valence-corrected chi connectivity index (χ3v) is 9.67. The molecule has 1 atom stereocenters. The van der Waals surface area contributed by atoms with E-state index in [0.29, 0.717) is 38.2 Å². The van der Waals surface area contributed by atoms with Crippen LogP contribution < -0.4 is 14.5 Å². The van der Waals surface area contributed by atoms with Crippen molar-refractivity contribution in [3.05, 3.63) is 77.8 Å². The summed E-state index contributed by atoms with van der Waals surface area (Å²) in [6, 6.07) is 15.9. The molecule has 0 N–H and O–H groups in total. The summed E-state index contributed by atoms with van der Waals surface area (Å²) in [7, 11) is 0. The molecule has 3 aromatic rings. The van der Waals surface area contributed by atoms with E-state index in [1.807, 2.05) is 0 Å². The number of nitrogens with zero attached hydrogens (tertiary/aromatic N) is 7. The van der Waals surface area contributed by atoms with Gasteiger partial charge in [0, 0.05) is 61.7 Å². The minimum atomic E-state index is -0.213. The van der Waals surface area contributed by atoms with Crippen LogP contribution in [-0.4, -0.2) is 89.7 Å². The molecule has 0 unspecified atom stereocenters. The first-order valence-electron chi connectivity index (χ1n) is 15.7. The molecule has 0 bridgehead atoms. The molecule has 4 heterocycles. The maximum Gasteiger partial charge on any atom is 0.318 e. The second-order valence-electron chi connectivity index (χ2n) is 12.2. The van der Waals surface area contributed by atoms with Crippen LogP contribution in [0.2, 0.25) is 0 Å². The van der Waals surface area contributed by atoms with Crippen molar-refractivity contribution in [3.63, 3.8) is 0 Å². The number of fused-ring (bicyclic) bond motifs is 2. The van der Waals surface area contributed by atoms with E-state index in [0.717, 1.165) is 42.9 Å². The Morgan fingerprint density at radius 2 is 1.84 bits per heavy atom. The summed E-state index contributed by atoms with van der Waals surface area (Å²) in [6.45, 7) is 17.1. The van der Waals surface area contributed by atoms with E-state index in [4.69, 9.17) is 21.3 Å². The van der Waals surface area contributed by atoms with Crippen molar-refractivity contribution in [2.24, 2.45) is 0 Å². The number of amides is 1. The average molecular weight is 578 g/mol. The largest absolute Gasteiger partial charge is 0.460 e.